The number of rotatable bonds is 6. The molecule has 1 aromatic carbocycles. The molecular weight excluding hydrogens is 431 g/mol. The number of fused-ring (bicyclic) bond motifs is 2. The molecule has 4 saturated heterocycles. The lowest BCUT2D eigenvalue weighted by Crippen LogP contribution is -2.70. The highest BCUT2D eigenvalue weighted by Gasteiger charge is 2.69. The molecule has 6 rings (SSSR count). The van der Waals surface area contributed by atoms with Gasteiger partial charge in [0.25, 0.3) is 0 Å². The average molecular weight is 465 g/mol. The van der Waals surface area contributed by atoms with Crippen LogP contribution in [0.5, 0.6) is 0 Å². The summed E-state index contributed by atoms with van der Waals surface area (Å²) in [6.45, 7) is 6.23. The van der Waals surface area contributed by atoms with Crippen molar-refractivity contribution in [1.82, 2.24) is 0 Å². The van der Waals surface area contributed by atoms with Crippen LogP contribution < -0.4 is 0 Å². The molecule has 33 heavy (non-hydrogen) atoms. The number of benzene rings is 1. The van der Waals surface area contributed by atoms with E-state index in [2.05, 4.69) is 13.8 Å². The fourth-order valence-corrected chi connectivity index (χ4v) is 6.43. The van der Waals surface area contributed by atoms with Gasteiger partial charge < -0.3 is 19.3 Å². The van der Waals surface area contributed by atoms with Crippen molar-refractivity contribution >= 4 is 5.97 Å². The summed E-state index contributed by atoms with van der Waals surface area (Å²) in [6, 6.07) is 5.99. The topological polar surface area (TPSA) is 83.5 Å². The molecule has 1 saturated carbocycles. The molecule has 4 aliphatic heterocycles. The van der Waals surface area contributed by atoms with Gasteiger partial charge >= 0.3 is 5.97 Å². The van der Waals surface area contributed by atoms with Gasteiger partial charge in [0.05, 0.1) is 6.10 Å². The molecule has 0 aromatic heterocycles. The number of hydrogen-bond acceptors (Lipinski definition) is 6. The monoisotopic (exact) mass is 464 g/mol. The maximum absolute atomic E-state index is 13.5. The summed E-state index contributed by atoms with van der Waals surface area (Å²) < 4.78 is 32.8. The molecule has 0 radical (unpaired) electrons. The van der Waals surface area contributed by atoms with Crippen molar-refractivity contribution in [3.8, 4) is 0 Å². The number of carboxylic acids is 1. The number of ether oxygens (including phenoxy) is 3. The average Bonchev–Trinajstić information content (AvgIpc) is 3.01. The Morgan fingerprint density at radius 2 is 1.94 bits per heavy atom. The second kappa shape index (κ2) is 8.57. The van der Waals surface area contributed by atoms with E-state index < -0.39 is 36.0 Å². The van der Waals surface area contributed by atoms with Crippen molar-refractivity contribution in [3.63, 3.8) is 0 Å². The smallest absolute Gasteiger partial charge is 0.303 e. The van der Waals surface area contributed by atoms with E-state index in [1.165, 1.54) is 12.1 Å². The minimum Gasteiger partial charge on any atom is -0.481 e. The maximum Gasteiger partial charge on any atom is 0.303 e. The fourth-order valence-electron chi connectivity index (χ4n) is 6.43. The molecule has 8 heteroatoms. The van der Waals surface area contributed by atoms with Gasteiger partial charge in [-0.15, -0.1) is 0 Å². The molecule has 4 heterocycles. The molecule has 1 spiro atoms. The molecule has 1 unspecified atom stereocenters. The summed E-state index contributed by atoms with van der Waals surface area (Å²) in [4.78, 5) is 23.3. The van der Waals surface area contributed by atoms with Crippen LogP contribution in [0, 0.1) is 29.5 Å². The quantitative estimate of drug-likeness (QED) is 0.596. The van der Waals surface area contributed by atoms with E-state index >= 15 is 0 Å². The second-order valence-electron chi connectivity index (χ2n) is 10.4. The predicted molar refractivity (Wildman–Crippen MR) is 114 cm³/mol. The van der Waals surface area contributed by atoms with Crippen molar-refractivity contribution in [2.75, 3.05) is 0 Å². The number of aliphatic carboxylic acids is 1. The molecule has 0 amide bonds. The van der Waals surface area contributed by atoms with Crippen molar-refractivity contribution in [3.05, 3.63) is 35.6 Å². The molecule has 2 bridgehead atoms. The highest BCUT2D eigenvalue weighted by molar-refractivity contribution is 5.66. The van der Waals surface area contributed by atoms with Gasteiger partial charge in [0, 0.05) is 24.7 Å². The predicted octanol–water partition coefficient (Wildman–Crippen LogP) is 4.96. The van der Waals surface area contributed by atoms with Crippen LogP contribution in [0.15, 0.2) is 24.3 Å². The first-order chi connectivity index (χ1) is 15.7. The van der Waals surface area contributed by atoms with Crippen LogP contribution >= 0.6 is 0 Å². The minimum absolute atomic E-state index is 0.0290. The van der Waals surface area contributed by atoms with Crippen LogP contribution in [0.2, 0.25) is 0 Å². The molecule has 182 valence electrons. The first-order valence-electron chi connectivity index (χ1n) is 12.0. The van der Waals surface area contributed by atoms with Gasteiger partial charge in [-0.1, -0.05) is 26.0 Å². The van der Waals surface area contributed by atoms with Gasteiger partial charge in [0.15, 0.2) is 18.2 Å². The van der Waals surface area contributed by atoms with Crippen LogP contribution in [-0.2, 0) is 28.8 Å². The van der Waals surface area contributed by atoms with Crippen molar-refractivity contribution in [2.45, 2.75) is 89.4 Å². The largest absolute Gasteiger partial charge is 0.481 e. The van der Waals surface area contributed by atoms with Gasteiger partial charge in [0.2, 0.25) is 5.79 Å². The molecule has 9 atom stereocenters. The van der Waals surface area contributed by atoms with Crippen LogP contribution in [0.1, 0.15) is 71.0 Å². The highest BCUT2D eigenvalue weighted by atomic mass is 19.1. The van der Waals surface area contributed by atoms with Gasteiger partial charge in [0.1, 0.15) is 5.82 Å². The molecule has 1 aliphatic carbocycles. The first-order valence-corrected chi connectivity index (χ1v) is 12.0. The van der Waals surface area contributed by atoms with E-state index in [9.17, 15) is 14.3 Å². The van der Waals surface area contributed by atoms with E-state index in [1.807, 2.05) is 6.92 Å². The van der Waals surface area contributed by atoms with Gasteiger partial charge in [-0.25, -0.2) is 14.2 Å². The van der Waals surface area contributed by atoms with Crippen LogP contribution in [0.3, 0.4) is 0 Å². The summed E-state index contributed by atoms with van der Waals surface area (Å²) in [5, 5.41) is 9.24. The van der Waals surface area contributed by atoms with E-state index in [0.717, 1.165) is 31.2 Å². The van der Waals surface area contributed by atoms with Crippen LogP contribution in [0.25, 0.3) is 0 Å². The molecule has 1 N–H and O–H groups in total. The normalized spacial score (nSPS) is 42.9. The molecule has 1 aromatic rings. The zero-order valence-corrected chi connectivity index (χ0v) is 19.4. The third-order valence-electron chi connectivity index (χ3n) is 8.26. The Kier molecular flexibility index (Phi) is 6.02. The number of carbonyl (C=O) groups is 1. The standard InChI is InChI=1S/C25H33FO7/c1-14-4-9-19-15(2)22(29-20(10-11-21(27)28)16-5-7-17(26)8-6-16)30-23-25(19)18(14)12-13-24(3,31-23)32-33-25/h5-8,14-15,18-20,22-23H,4,9-13H2,1-3H3,(H,27,28)/t14-,15-,18+,19?,20-,22+,23-,24-,25-/m1/s1. The summed E-state index contributed by atoms with van der Waals surface area (Å²) in [6.07, 6.45) is 2.10. The molecule has 7 nitrogen and oxygen atoms in total. The van der Waals surface area contributed by atoms with Gasteiger partial charge in [-0.3, -0.25) is 4.79 Å². The minimum atomic E-state index is -0.908. The first kappa shape index (κ1) is 23.2. The summed E-state index contributed by atoms with van der Waals surface area (Å²) in [5.74, 6) is -1.33. The lowest BCUT2D eigenvalue weighted by Gasteiger charge is -2.60. The zero-order valence-electron chi connectivity index (χ0n) is 19.4. The van der Waals surface area contributed by atoms with E-state index in [0.29, 0.717) is 5.92 Å². The van der Waals surface area contributed by atoms with Crippen molar-refractivity contribution < 1.29 is 38.3 Å². The third-order valence-corrected chi connectivity index (χ3v) is 8.26. The Bertz CT molecular complexity index is 878. The molecule has 5 aliphatic rings. The number of halogens is 1. The lowest BCUT2D eigenvalue weighted by atomic mass is 9.58. The Balaban J connectivity index is 1.43. The fraction of sp³-hybridized carbons (Fsp3) is 0.720. The number of hydrogen-bond donors (Lipinski definition) is 1. The van der Waals surface area contributed by atoms with E-state index in [-0.39, 0.29) is 36.4 Å². The van der Waals surface area contributed by atoms with E-state index in [4.69, 9.17) is 24.0 Å². The summed E-state index contributed by atoms with van der Waals surface area (Å²) >= 11 is 0. The van der Waals surface area contributed by atoms with Crippen molar-refractivity contribution in [2.24, 2.45) is 23.7 Å². The Hall–Kier alpha value is -1.58. The molecular formula is C25H33FO7. The highest BCUT2D eigenvalue weighted by Crippen LogP contribution is 2.60. The second-order valence-corrected chi connectivity index (χ2v) is 10.4. The van der Waals surface area contributed by atoms with Crippen molar-refractivity contribution in [1.29, 1.82) is 0 Å². The van der Waals surface area contributed by atoms with Gasteiger partial charge in [-0.05, 0) is 62.1 Å². The molecule has 5 fully saturated rings. The SMILES string of the molecule is C[C@@H]1CCC2[C@@H](C)[C@@H](O[C@H](CCC(=O)O)c3ccc(F)cc3)O[C@@H]3O[C@@]4(C)CC[C@@H]1[C@@]23OO4. The Labute approximate surface area is 193 Å². The lowest BCUT2D eigenvalue weighted by molar-refractivity contribution is -0.578. The van der Waals surface area contributed by atoms with E-state index in [1.54, 1.807) is 12.1 Å². The third kappa shape index (κ3) is 4.00. The number of carboxylic acid groups (broad SMARTS) is 1. The Morgan fingerprint density at radius 3 is 2.67 bits per heavy atom. The maximum atomic E-state index is 13.5. The van der Waals surface area contributed by atoms with Crippen LogP contribution in [-0.4, -0.2) is 35.0 Å². The summed E-state index contributed by atoms with van der Waals surface area (Å²) in [7, 11) is 0. The Morgan fingerprint density at radius 1 is 1.18 bits per heavy atom. The van der Waals surface area contributed by atoms with Gasteiger partial charge in [-0.2, -0.15) is 0 Å². The summed E-state index contributed by atoms with van der Waals surface area (Å²) in [5.41, 5.74) is 0.0399. The van der Waals surface area contributed by atoms with Crippen LogP contribution in [0.4, 0.5) is 4.39 Å². The zero-order chi connectivity index (χ0) is 23.4.